The van der Waals surface area contributed by atoms with Crippen LogP contribution in [0.25, 0.3) is 0 Å². The van der Waals surface area contributed by atoms with Gasteiger partial charge in [0.05, 0.1) is 10.2 Å². The van der Waals surface area contributed by atoms with E-state index >= 15 is 0 Å². The van der Waals surface area contributed by atoms with Crippen molar-refractivity contribution in [3.8, 4) is 0 Å². The maximum atomic E-state index is 5.23. The first-order valence-corrected chi connectivity index (χ1v) is 2.84. The molecule has 0 unspecified atom stereocenters. The van der Waals surface area contributed by atoms with Crippen molar-refractivity contribution in [2.45, 2.75) is 4.84 Å². The molecule has 3 heteroatoms. The molecule has 0 nitrogen and oxygen atoms in total. The van der Waals surface area contributed by atoms with Gasteiger partial charge in [0.15, 0.2) is 0 Å². The van der Waals surface area contributed by atoms with E-state index in [1.54, 1.807) is 11.8 Å². The van der Waals surface area contributed by atoms with Crippen LogP contribution in [-0.2, 0) is 0 Å². The van der Waals surface area contributed by atoms with Gasteiger partial charge in [-0.3, -0.25) is 0 Å². The molecule has 0 heterocycles. The Morgan fingerprint density at radius 1 is 1.50 bits per heavy atom. The molecule has 0 aromatic carbocycles. The average molecular weight is 138 g/mol. The highest BCUT2D eigenvalue weighted by Crippen LogP contribution is 2.00. The highest BCUT2D eigenvalue weighted by Gasteiger charge is 1.83. The molecule has 0 aromatic heterocycles. The number of halogens is 2. The Balaban J connectivity index is 3.03. The van der Waals surface area contributed by atoms with Crippen molar-refractivity contribution in [3.05, 3.63) is 11.8 Å². The summed E-state index contributed by atoms with van der Waals surface area (Å²) in [6, 6.07) is 0. The standard InChI is InChI=1S/C3H3Cl2Si/c4-3(5)1-2-6/h1-3H/b2-1+. The molecular formula is C3H3Cl2Si. The van der Waals surface area contributed by atoms with Crippen molar-refractivity contribution in [1.82, 2.24) is 0 Å². The van der Waals surface area contributed by atoms with E-state index in [1.807, 2.05) is 0 Å². The van der Waals surface area contributed by atoms with E-state index < -0.39 is 0 Å². The molecule has 0 aliphatic carbocycles. The Labute approximate surface area is 50.6 Å². The summed E-state index contributed by atoms with van der Waals surface area (Å²) in [6.45, 7) is 0. The van der Waals surface area contributed by atoms with Gasteiger partial charge in [0.2, 0.25) is 0 Å². The average Bonchev–Trinajstić information content (AvgIpc) is 1.35. The minimum atomic E-state index is -0.387. The number of hydrogen-bond acceptors (Lipinski definition) is 0. The van der Waals surface area contributed by atoms with Crippen LogP contribution in [0.3, 0.4) is 0 Å². The highest BCUT2D eigenvalue weighted by atomic mass is 35.5. The smallest absolute Gasteiger partial charge is 0.103 e. The highest BCUT2D eigenvalue weighted by molar-refractivity contribution is 6.45. The fourth-order valence-electron chi connectivity index (χ4n) is 0.0727. The van der Waals surface area contributed by atoms with E-state index in [0.29, 0.717) is 0 Å². The molecule has 0 N–H and O–H groups in total. The number of hydrogen-bond donors (Lipinski definition) is 0. The number of allylic oxidation sites excluding steroid dienone is 1. The third kappa shape index (κ3) is 4.54. The van der Waals surface area contributed by atoms with Gasteiger partial charge in [0.25, 0.3) is 0 Å². The van der Waals surface area contributed by atoms with Crippen molar-refractivity contribution < 1.29 is 0 Å². The van der Waals surface area contributed by atoms with Gasteiger partial charge in [-0.1, -0.05) is 6.08 Å². The zero-order chi connectivity index (χ0) is 4.99. The second-order valence-electron chi connectivity index (χ2n) is 0.694. The summed E-state index contributed by atoms with van der Waals surface area (Å²) < 4.78 is 0. The molecule has 0 bridgehead atoms. The first-order chi connectivity index (χ1) is 2.77. The predicted octanol–water partition coefficient (Wildman–Crippen LogP) is 1.47. The molecule has 0 spiro atoms. The van der Waals surface area contributed by atoms with Gasteiger partial charge in [-0.15, -0.1) is 28.9 Å². The molecule has 6 heavy (non-hydrogen) atoms. The summed E-state index contributed by atoms with van der Waals surface area (Å²) in [5, 5.41) is 0. The summed E-state index contributed by atoms with van der Waals surface area (Å²) in [5.74, 6) is 0. The molecule has 33 valence electrons. The largest absolute Gasteiger partial charge is 0.125 e. The Kier molecular flexibility index (Phi) is 4.05. The van der Waals surface area contributed by atoms with Gasteiger partial charge in [-0.05, 0) is 0 Å². The molecule has 0 fully saturated rings. The van der Waals surface area contributed by atoms with Crippen molar-refractivity contribution in [2.24, 2.45) is 0 Å². The van der Waals surface area contributed by atoms with Crippen LogP contribution in [0, 0.1) is 0 Å². The van der Waals surface area contributed by atoms with Crippen molar-refractivity contribution in [2.75, 3.05) is 0 Å². The predicted molar refractivity (Wildman–Crippen MR) is 30.4 cm³/mol. The lowest BCUT2D eigenvalue weighted by Crippen LogP contribution is -1.73. The molecule has 0 saturated carbocycles. The zero-order valence-corrected chi connectivity index (χ0v) is 5.50. The Hall–Kier alpha value is 0.537. The summed E-state index contributed by atoms with van der Waals surface area (Å²) in [5.41, 5.74) is 1.62. The Bertz CT molecular complexity index is 50.8. The molecule has 0 aromatic rings. The van der Waals surface area contributed by atoms with Crippen molar-refractivity contribution >= 4 is 33.4 Å². The van der Waals surface area contributed by atoms with Crippen LogP contribution in [0.4, 0.5) is 0 Å². The zero-order valence-electron chi connectivity index (χ0n) is 2.99. The monoisotopic (exact) mass is 137 g/mol. The quantitative estimate of drug-likeness (QED) is 0.380. The van der Waals surface area contributed by atoms with E-state index in [4.69, 9.17) is 23.2 Å². The maximum absolute atomic E-state index is 5.23. The third-order valence-electron chi connectivity index (χ3n) is 0.242. The second-order valence-corrected chi connectivity index (χ2v) is 2.19. The summed E-state index contributed by atoms with van der Waals surface area (Å²) in [7, 11) is 3.04. The number of rotatable bonds is 1. The summed E-state index contributed by atoms with van der Waals surface area (Å²) in [6.07, 6.45) is 1.61. The van der Waals surface area contributed by atoms with Gasteiger partial charge in [-0.25, -0.2) is 0 Å². The minimum Gasteiger partial charge on any atom is -0.103 e. The fraction of sp³-hybridized carbons (Fsp3) is 0.333. The van der Waals surface area contributed by atoms with E-state index in [0.717, 1.165) is 0 Å². The van der Waals surface area contributed by atoms with Gasteiger partial charge < -0.3 is 0 Å². The van der Waals surface area contributed by atoms with Gasteiger partial charge in [-0.2, -0.15) is 0 Å². The molecule has 3 radical (unpaired) electrons. The fourth-order valence-corrected chi connectivity index (χ4v) is 0.655. The molecule has 0 rings (SSSR count). The molecule has 0 amide bonds. The lowest BCUT2D eigenvalue weighted by molar-refractivity contribution is 1.63. The normalized spacial score (nSPS) is 11.3. The van der Waals surface area contributed by atoms with Crippen LogP contribution in [0.5, 0.6) is 0 Å². The number of alkyl halides is 2. The van der Waals surface area contributed by atoms with E-state index in [-0.39, 0.29) is 4.84 Å². The van der Waals surface area contributed by atoms with E-state index in [2.05, 4.69) is 10.2 Å². The Morgan fingerprint density at radius 2 is 2.00 bits per heavy atom. The molecular weight excluding hydrogens is 135 g/mol. The molecule has 0 saturated heterocycles. The van der Waals surface area contributed by atoms with Crippen LogP contribution >= 0.6 is 23.2 Å². The lowest BCUT2D eigenvalue weighted by atomic mass is 10.7. The molecule has 0 aliphatic rings. The first kappa shape index (κ1) is 6.54. The van der Waals surface area contributed by atoms with E-state index in [9.17, 15) is 0 Å². The van der Waals surface area contributed by atoms with Crippen molar-refractivity contribution in [1.29, 1.82) is 0 Å². The van der Waals surface area contributed by atoms with Crippen LogP contribution in [0.2, 0.25) is 0 Å². The Morgan fingerprint density at radius 3 is 2.00 bits per heavy atom. The van der Waals surface area contributed by atoms with Crippen LogP contribution in [0.15, 0.2) is 11.8 Å². The molecule has 0 aliphatic heterocycles. The molecule has 0 atom stereocenters. The van der Waals surface area contributed by atoms with Crippen molar-refractivity contribution in [3.63, 3.8) is 0 Å². The lowest BCUT2D eigenvalue weighted by Gasteiger charge is -1.81. The van der Waals surface area contributed by atoms with Crippen LogP contribution in [0.1, 0.15) is 0 Å². The third-order valence-corrected chi connectivity index (χ3v) is 0.725. The van der Waals surface area contributed by atoms with Crippen LogP contribution < -0.4 is 0 Å². The SMILES string of the molecule is [Si]/C=C/C(Cl)Cl. The van der Waals surface area contributed by atoms with Gasteiger partial charge in [0, 0.05) is 0 Å². The summed E-state index contributed by atoms with van der Waals surface area (Å²) >= 11 is 10.5. The topological polar surface area (TPSA) is 0 Å². The van der Waals surface area contributed by atoms with E-state index in [1.165, 1.54) is 0 Å². The first-order valence-electron chi connectivity index (χ1n) is 1.39. The maximum Gasteiger partial charge on any atom is 0.125 e. The van der Waals surface area contributed by atoms with Crippen LogP contribution in [-0.4, -0.2) is 15.1 Å². The van der Waals surface area contributed by atoms with Gasteiger partial charge >= 0.3 is 0 Å². The minimum absolute atomic E-state index is 0.387. The summed E-state index contributed by atoms with van der Waals surface area (Å²) in [4.78, 5) is -0.387. The van der Waals surface area contributed by atoms with Gasteiger partial charge in [0.1, 0.15) is 4.84 Å². The second kappa shape index (κ2) is 3.72.